The lowest BCUT2D eigenvalue weighted by atomic mass is 10.1. The van der Waals surface area contributed by atoms with Crippen molar-refractivity contribution in [1.29, 1.82) is 0 Å². The predicted molar refractivity (Wildman–Crippen MR) is 251 cm³/mol. The lowest BCUT2D eigenvalue weighted by Crippen LogP contribution is -2.13. The van der Waals surface area contributed by atoms with Crippen molar-refractivity contribution >= 4 is 86.4 Å². The van der Waals surface area contributed by atoms with E-state index in [1.807, 2.05) is 38.1 Å². The number of halogens is 4. The predicted octanol–water partition coefficient (Wildman–Crippen LogP) is 11.6. The molecule has 0 saturated carbocycles. The minimum Gasteiger partial charge on any atom is -0.496 e. The molecule has 14 nitrogen and oxygen atoms in total. The van der Waals surface area contributed by atoms with Crippen LogP contribution in [0.15, 0.2) is 116 Å². The van der Waals surface area contributed by atoms with Crippen molar-refractivity contribution in [3.63, 3.8) is 0 Å². The fraction of sp³-hybridized carbons (Fsp3) is 0.125. The normalized spacial score (nSPS) is 10.5. The number of hydrogen-bond acceptors (Lipinski definition) is 14. The maximum absolute atomic E-state index is 12.5. The second kappa shape index (κ2) is 22.2. The molecule has 8 rings (SSSR count). The third-order valence-corrected chi connectivity index (χ3v) is 10.5. The number of esters is 3. The summed E-state index contributed by atoms with van der Waals surface area (Å²) in [6, 6.07) is 29.7. The number of aromatic nitrogens is 5. The summed E-state index contributed by atoms with van der Waals surface area (Å²) in [6.07, 6.45) is 2.94. The molecule has 18 heteroatoms. The van der Waals surface area contributed by atoms with Gasteiger partial charge in [-0.25, -0.2) is 39.3 Å². The van der Waals surface area contributed by atoms with Crippen molar-refractivity contribution in [2.45, 2.75) is 20.8 Å². The zero-order chi connectivity index (χ0) is 47.5. The first kappa shape index (κ1) is 48.4. The Bertz CT molecular complexity index is 3090. The van der Waals surface area contributed by atoms with Crippen LogP contribution in [-0.4, -0.2) is 64.2 Å². The monoisotopic (exact) mass is 967 g/mol. The molecule has 0 bridgehead atoms. The highest BCUT2D eigenvalue weighted by molar-refractivity contribution is 6.35. The Labute approximate surface area is 398 Å². The number of pyridine rings is 1. The van der Waals surface area contributed by atoms with Crippen molar-refractivity contribution in [1.82, 2.24) is 24.9 Å². The van der Waals surface area contributed by atoms with E-state index in [1.165, 1.54) is 33.7 Å². The third kappa shape index (κ3) is 11.4. The van der Waals surface area contributed by atoms with Crippen molar-refractivity contribution < 1.29 is 42.8 Å². The topological polar surface area (TPSA) is 171 Å². The van der Waals surface area contributed by atoms with Gasteiger partial charge in [0.15, 0.2) is 5.15 Å². The van der Waals surface area contributed by atoms with Crippen LogP contribution in [0.5, 0.6) is 34.9 Å². The number of carbonyl (C=O) groups excluding carboxylic acids is 3. The number of fused-ring (bicyclic) bond motifs is 2. The number of para-hydroxylation sites is 4. The number of carbonyl (C=O) groups is 3. The number of rotatable bonds is 9. The molecule has 8 aromatic rings. The fourth-order valence-electron chi connectivity index (χ4n) is 6.20. The van der Waals surface area contributed by atoms with Crippen molar-refractivity contribution in [2.24, 2.45) is 0 Å². The Balaban J connectivity index is 0.000000165. The fourth-order valence-corrected chi connectivity index (χ4v) is 7.05. The first-order valence-corrected chi connectivity index (χ1v) is 21.0. The van der Waals surface area contributed by atoms with E-state index < -0.39 is 17.9 Å². The van der Waals surface area contributed by atoms with Gasteiger partial charge in [0.25, 0.3) is 5.88 Å². The first-order valence-electron chi connectivity index (χ1n) is 19.4. The highest BCUT2D eigenvalue weighted by atomic mass is 35.5. The quantitative estimate of drug-likeness (QED) is 0.125. The van der Waals surface area contributed by atoms with E-state index in [9.17, 15) is 14.4 Å². The highest BCUT2D eigenvalue weighted by Crippen LogP contribution is 2.34. The Morgan fingerprint density at radius 1 is 0.439 bits per heavy atom. The Kier molecular flexibility index (Phi) is 16.3. The summed E-state index contributed by atoms with van der Waals surface area (Å²) in [6.45, 7) is 5.45. The number of aryl methyl sites for hydroxylation is 3. The molecule has 3 heterocycles. The number of benzene rings is 5. The van der Waals surface area contributed by atoms with Crippen molar-refractivity contribution in [2.75, 3.05) is 21.3 Å². The van der Waals surface area contributed by atoms with Crippen LogP contribution in [0.25, 0.3) is 22.1 Å². The summed E-state index contributed by atoms with van der Waals surface area (Å²) in [5, 5.41) is 0.742. The Morgan fingerprint density at radius 3 is 1.30 bits per heavy atom. The van der Waals surface area contributed by atoms with E-state index >= 15 is 0 Å². The van der Waals surface area contributed by atoms with Gasteiger partial charge in [-0.1, -0.05) is 94.9 Å². The molecule has 0 atom stereocenters. The zero-order valence-corrected chi connectivity index (χ0v) is 38.9. The summed E-state index contributed by atoms with van der Waals surface area (Å²) in [4.78, 5) is 57.9. The number of nitrogens with zero attached hydrogens (tertiary/aromatic N) is 5. The van der Waals surface area contributed by atoms with E-state index in [4.69, 9.17) is 74.8 Å². The highest BCUT2D eigenvalue weighted by Gasteiger charge is 2.24. The molecule has 0 aliphatic carbocycles. The molecular weight excluding hydrogens is 932 g/mol. The van der Waals surface area contributed by atoms with E-state index in [0.29, 0.717) is 33.8 Å². The lowest BCUT2D eigenvalue weighted by Gasteiger charge is -2.12. The molecule has 0 radical (unpaired) electrons. The molecule has 0 fully saturated rings. The average Bonchev–Trinajstić information content (AvgIpc) is 3.31. The molecule has 0 amide bonds. The molecule has 3 aromatic heterocycles. The van der Waals surface area contributed by atoms with Gasteiger partial charge in [0, 0.05) is 12.3 Å². The van der Waals surface area contributed by atoms with E-state index in [0.717, 1.165) is 22.2 Å². The summed E-state index contributed by atoms with van der Waals surface area (Å²) in [5.41, 5.74) is 5.36. The van der Waals surface area contributed by atoms with Crippen molar-refractivity contribution in [3.05, 3.63) is 169 Å². The molecule has 336 valence electrons. The lowest BCUT2D eigenvalue weighted by molar-refractivity contribution is 0.0714. The smallest absolute Gasteiger partial charge is 0.350 e. The van der Waals surface area contributed by atoms with Crippen LogP contribution in [0.2, 0.25) is 20.2 Å². The van der Waals surface area contributed by atoms with Crippen LogP contribution >= 0.6 is 46.4 Å². The molecule has 0 spiro atoms. The van der Waals surface area contributed by atoms with Crippen LogP contribution in [0.1, 0.15) is 47.8 Å². The molecule has 66 heavy (non-hydrogen) atoms. The van der Waals surface area contributed by atoms with E-state index in [1.54, 1.807) is 85.8 Å². The van der Waals surface area contributed by atoms with Crippen LogP contribution in [-0.2, 0) is 0 Å². The summed E-state index contributed by atoms with van der Waals surface area (Å²) < 4.78 is 31.5. The molecule has 0 unspecified atom stereocenters. The molecule has 5 aromatic carbocycles. The third-order valence-electron chi connectivity index (χ3n) is 9.28. The standard InChI is InChI=1S/C17H12Cl2N2O3.C17H13ClN2O3.C14H12ClNO3/c1-9-7-8-10(18)13(14(9)23-2)17(22)24-16-15(19)20-11-5-3-4-6-12(11)21-16;1-10-7-8-11(18)15(16(10)22-2)17(21)23-14-9-19-12-5-3-4-6-13(12)20-14;1-9-6-7-10(15)12(13(9)18-2)14(17)19-11-5-3-4-8-16-11/h3-8H,1-2H3;3-9H,1-2H3;3-8H,1-2H3. The van der Waals surface area contributed by atoms with Crippen LogP contribution in [0, 0.1) is 20.8 Å². The van der Waals surface area contributed by atoms with Gasteiger partial charge in [-0.3, -0.25) is 0 Å². The van der Waals surface area contributed by atoms with Gasteiger partial charge in [0.05, 0.1) is 64.7 Å². The summed E-state index contributed by atoms with van der Waals surface area (Å²) >= 11 is 24.4. The zero-order valence-electron chi connectivity index (χ0n) is 35.9. The molecule has 0 N–H and O–H groups in total. The van der Waals surface area contributed by atoms with Crippen LogP contribution in [0.3, 0.4) is 0 Å². The molecule has 0 aliphatic heterocycles. The Morgan fingerprint density at radius 2 is 0.848 bits per heavy atom. The van der Waals surface area contributed by atoms with Gasteiger partial charge < -0.3 is 28.4 Å². The van der Waals surface area contributed by atoms with Gasteiger partial charge >= 0.3 is 17.9 Å². The largest absolute Gasteiger partial charge is 0.496 e. The molecular formula is C48H37Cl4N5O9. The average molecular weight is 970 g/mol. The SMILES string of the molecule is COc1c(C)ccc(Cl)c1C(=O)Oc1ccccn1.COc1c(C)ccc(Cl)c1C(=O)Oc1cnc2ccccc2n1.COc1c(C)ccc(Cl)c1C(=O)Oc1nc2ccccc2nc1Cl. The van der Waals surface area contributed by atoms with E-state index in [2.05, 4.69) is 24.9 Å². The van der Waals surface area contributed by atoms with Gasteiger partial charge in [-0.2, -0.15) is 0 Å². The maximum Gasteiger partial charge on any atom is 0.350 e. The van der Waals surface area contributed by atoms with Gasteiger partial charge in [0.1, 0.15) is 33.9 Å². The maximum atomic E-state index is 12.5. The molecule has 0 aliphatic rings. The molecule has 0 saturated heterocycles. The van der Waals surface area contributed by atoms with Crippen LogP contribution in [0.4, 0.5) is 0 Å². The second-order valence-electron chi connectivity index (χ2n) is 13.7. The van der Waals surface area contributed by atoms with E-state index in [-0.39, 0.29) is 54.6 Å². The minimum absolute atomic E-state index is 0.00945. The van der Waals surface area contributed by atoms with Gasteiger partial charge in [-0.05, 0) is 86.0 Å². The van der Waals surface area contributed by atoms with Gasteiger partial charge in [-0.15, -0.1) is 0 Å². The van der Waals surface area contributed by atoms with Crippen molar-refractivity contribution in [3.8, 4) is 34.9 Å². The van der Waals surface area contributed by atoms with Crippen LogP contribution < -0.4 is 28.4 Å². The number of methoxy groups -OCH3 is 3. The summed E-state index contributed by atoms with van der Waals surface area (Å²) in [5.74, 6) is -0.570. The first-order chi connectivity index (χ1) is 31.7. The number of ether oxygens (including phenoxy) is 6. The second-order valence-corrected chi connectivity index (χ2v) is 15.2. The Hall–Kier alpha value is -7.10. The number of hydrogen-bond donors (Lipinski definition) is 0. The van der Waals surface area contributed by atoms with Gasteiger partial charge in [0.2, 0.25) is 11.8 Å². The minimum atomic E-state index is -0.716. The summed E-state index contributed by atoms with van der Waals surface area (Å²) in [7, 11) is 4.42.